The van der Waals surface area contributed by atoms with Crippen LogP contribution in [0.1, 0.15) is 30.1 Å². The zero-order valence-electron chi connectivity index (χ0n) is 12.7. The van der Waals surface area contributed by atoms with Crippen LogP contribution in [-0.4, -0.2) is 44.0 Å². The molecule has 0 N–H and O–H groups in total. The third kappa shape index (κ3) is 2.83. The number of rotatable bonds is 2. The quantitative estimate of drug-likeness (QED) is 0.811. The topological polar surface area (TPSA) is 74.8 Å². The van der Waals surface area contributed by atoms with Crippen molar-refractivity contribution in [2.45, 2.75) is 19.8 Å². The van der Waals surface area contributed by atoms with Gasteiger partial charge in [0.1, 0.15) is 0 Å². The van der Waals surface area contributed by atoms with Crippen molar-refractivity contribution >= 4 is 39.1 Å². The maximum atomic E-state index is 12.5. The van der Waals surface area contributed by atoms with E-state index in [1.807, 2.05) is 0 Å². The smallest absolute Gasteiger partial charge is 0.255 e. The molecule has 2 fully saturated rings. The molecule has 0 radical (unpaired) electrons. The Morgan fingerprint density at radius 1 is 1.26 bits per heavy atom. The molecule has 23 heavy (non-hydrogen) atoms. The van der Waals surface area contributed by atoms with Gasteiger partial charge in [0, 0.05) is 13.1 Å². The van der Waals surface area contributed by atoms with E-state index in [0.29, 0.717) is 13.1 Å². The molecule has 1 aromatic rings. The first-order chi connectivity index (χ1) is 10.8. The van der Waals surface area contributed by atoms with Gasteiger partial charge in [-0.25, -0.2) is 12.7 Å². The van der Waals surface area contributed by atoms with Crippen molar-refractivity contribution in [1.29, 1.82) is 0 Å². The summed E-state index contributed by atoms with van der Waals surface area (Å²) in [6, 6.07) is 4.32. The summed E-state index contributed by atoms with van der Waals surface area (Å²) in [6.07, 6.45) is 1.89. The Morgan fingerprint density at radius 2 is 1.91 bits per heavy atom. The Labute approximate surface area is 140 Å². The second-order valence-corrected chi connectivity index (χ2v) is 8.22. The van der Waals surface area contributed by atoms with E-state index in [9.17, 15) is 18.0 Å². The van der Waals surface area contributed by atoms with Crippen LogP contribution in [0.3, 0.4) is 0 Å². The van der Waals surface area contributed by atoms with Crippen LogP contribution < -0.4 is 4.31 Å². The van der Waals surface area contributed by atoms with Crippen molar-refractivity contribution in [3.05, 3.63) is 28.8 Å². The highest BCUT2D eigenvalue weighted by Gasteiger charge is 2.42. The van der Waals surface area contributed by atoms with Crippen LogP contribution in [0.25, 0.3) is 0 Å². The lowest BCUT2D eigenvalue weighted by Gasteiger charge is -2.19. The molecule has 1 atom stereocenters. The van der Waals surface area contributed by atoms with Crippen molar-refractivity contribution in [1.82, 2.24) is 4.90 Å². The fourth-order valence-electron chi connectivity index (χ4n) is 2.98. The molecule has 1 unspecified atom stereocenters. The second-order valence-electron chi connectivity index (χ2n) is 5.95. The van der Waals surface area contributed by atoms with E-state index in [2.05, 4.69) is 0 Å². The summed E-state index contributed by atoms with van der Waals surface area (Å²) in [5.74, 6) is -1.52. The summed E-state index contributed by atoms with van der Waals surface area (Å²) in [6.45, 7) is 2.90. The molecule has 3 rings (SSSR count). The number of anilines is 1. The van der Waals surface area contributed by atoms with Crippen molar-refractivity contribution in [3.8, 4) is 0 Å². The van der Waals surface area contributed by atoms with Gasteiger partial charge in [-0.15, -0.1) is 0 Å². The monoisotopic (exact) mass is 356 g/mol. The van der Waals surface area contributed by atoms with Crippen molar-refractivity contribution in [2.75, 3.05) is 23.1 Å². The molecule has 0 aliphatic carbocycles. The fourth-order valence-corrected chi connectivity index (χ4v) is 4.99. The number of hydrogen-bond donors (Lipinski definition) is 0. The van der Waals surface area contributed by atoms with Gasteiger partial charge >= 0.3 is 0 Å². The first-order valence-electron chi connectivity index (χ1n) is 7.47. The third-order valence-corrected chi connectivity index (χ3v) is 6.37. The van der Waals surface area contributed by atoms with E-state index in [4.69, 9.17) is 11.6 Å². The Balaban J connectivity index is 2.00. The van der Waals surface area contributed by atoms with E-state index in [1.165, 1.54) is 18.2 Å². The lowest BCUT2D eigenvalue weighted by atomic mass is 10.1. The predicted molar refractivity (Wildman–Crippen MR) is 87.0 cm³/mol. The number of nitrogens with zero attached hydrogens (tertiary/aromatic N) is 2. The Bertz CT molecular complexity index is 772. The number of benzene rings is 1. The van der Waals surface area contributed by atoms with Gasteiger partial charge in [-0.05, 0) is 31.0 Å². The molecule has 2 aliphatic heterocycles. The van der Waals surface area contributed by atoms with Crippen LogP contribution in [0.2, 0.25) is 5.02 Å². The van der Waals surface area contributed by atoms with Gasteiger partial charge < -0.3 is 4.90 Å². The molecule has 2 amide bonds. The van der Waals surface area contributed by atoms with E-state index in [1.54, 1.807) is 11.8 Å². The molecule has 8 heteroatoms. The minimum absolute atomic E-state index is 0.172. The molecule has 2 aliphatic rings. The number of sulfonamides is 1. The average molecular weight is 357 g/mol. The van der Waals surface area contributed by atoms with Gasteiger partial charge in [0.2, 0.25) is 15.9 Å². The summed E-state index contributed by atoms with van der Waals surface area (Å²) < 4.78 is 25.2. The predicted octanol–water partition coefficient (Wildman–Crippen LogP) is 1.89. The summed E-state index contributed by atoms with van der Waals surface area (Å²) in [4.78, 5) is 26.4. The molecule has 1 aromatic carbocycles. The lowest BCUT2D eigenvalue weighted by Crippen LogP contribution is -2.31. The number of carbonyl (C=O) groups excluding carboxylic acids is 2. The molecule has 0 bridgehead atoms. The number of halogens is 1. The first kappa shape index (κ1) is 16.3. The minimum Gasteiger partial charge on any atom is -0.339 e. The molecule has 2 saturated heterocycles. The van der Waals surface area contributed by atoms with Crippen LogP contribution >= 0.6 is 11.6 Å². The van der Waals surface area contributed by atoms with Gasteiger partial charge in [-0.1, -0.05) is 18.5 Å². The van der Waals surface area contributed by atoms with Crippen molar-refractivity contribution in [2.24, 2.45) is 5.92 Å². The Morgan fingerprint density at radius 3 is 2.48 bits per heavy atom. The highest BCUT2D eigenvalue weighted by atomic mass is 35.5. The lowest BCUT2D eigenvalue weighted by molar-refractivity contribution is -0.119. The first-order valence-corrected chi connectivity index (χ1v) is 9.45. The standard InChI is InChI=1S/C15H17ClN2O4S/c1-10-9-23(21,22)18(14(10)19)11-4-5-13(16)12(8-11)15(20)17-6-2-3-7-17/h4-5,8,10H,2-3,6-7,9H2,1H3. The molecular weight excluding hydrogens is 340 g/mol. The van der Waals surface area contributed by atoms with Gasteiger partial charge in [-0.2, -0.15) is 0 Å². The molecule has 0 aromatic heterocycles. The summed E-state index contributed by atoms with van der Waals surface area (Å²) >= 11 is 6.11. The normalized spacial score (nSPS) is 23.6. The van der Waals surface area contributed by atoms with E-state index >= 15 is 0 Å². The number of carbonyl (C=O) groups is 2. The van der Waals surface area contributed by atoms with Gasteiger partial charge in [0.05, 0.1) is 27.9 Å². The SMILES string of the molecule is CC1CS(=O)(=O)N(c2ccc(Cl)c(C(=O)N3CCCC3)c2)C1=O. The zero-order valence-corrected chi connectivity index (χ0v) is 14.2. The Hall–Kier alpha value is -1.60. The molecule has 0 spiro atoms. The van der Waals surface area contributed by atoms with E-state index < -0.39 is 21.8 Å². The number of likely N-dealkylation sites (tertiary alicyclic amines) is 1. The highest BCUT2D eigenvalue weighted by Crippen LogP contribution is 2.31. The molecule has 0 saturated carbocycles. The van der Waals surface area contributed by atoms with Gasteiger partial charge in [0.15, 0.2) is 0 Å². The minimum atomic E-state index is -3.70. The van der Waals surface area contributed by atoms with Gasteiger partial charge in [-0.3, -0.25) is 9.59 Å². The fraction of sp³-hybridized carbons (Fsp3) is 0.467. The average Bonchev–Trinajstić information content (AvgIpc) is 3.07. The molecule has 2 heterocycles. The van der Waals surface area contributed by atoms with Gasteiger partial charge in [0.25, 0.3) is 5.91 Å². The second kappa shape index (κ2) is 5.79. The highest BCUT2D eigenvalue weighted by molar-refractivity contribution is 7.94. The van der Waals surface area contributed by atoms with Crippen molar-refractivity contribution in [3.63, 3.8) is 0 Å². The largest absolute Gasteiger partial charge is 0.339 e. The molecule has 124 valence electrons. The van der Waals surface area contributed by atoms with Crippen molar-refractivity contribution < 1.29 is 18.0 Å². The maximum Gasteiger partial charge on any atom is 0.255 e. The van der Waals surface area contributed by atoms with Crippen LogP contribution in [0.15, 0.2) is 18.2 Å². The van der Waals surface area contributed by atoms with E-state index in [0.717, 1.165) is 17.1 Å². The zero-order chi connectivity index (χ0) is 16.8. The third-order valence-electron chi connectivity index (χ3n) is 4.17. The van der Waals surface area contributed by atoms with Crippen LogP contribution in [-0.2, 0) is 14.8 Å². The summed E-state index contributed by atoms with van der Waals surface area (Å²) in [5.41, 5.74) is 0.403. The van der Waals surface area contributed by atoms with Crippen LogP contribution in [0, 0.1) is 5.92 Å². The number of hydrogen-bond acceptors (Lipinski definition) is 4. The van der Waals surface area contributed by atoms with Crippen LogP contribution in [0.4, 0.5) is 5.69 Å². The van der Waals surface area contributed by atoms with E-state index in [-0.39, 0.29) is 27.9 Å². The Kier molecular flexibility index (Phi) is 4.10. The molecular formula is C15H17ClN2O4S. The van der Waals surface area contributed by atoms with Crippen LogP contribution in [0.5, 0.6) is 0 Å². The summed E-state index contributed by atoms with van der Waals surface area (Å²) in [5, 5.41) is 0.253. The maximum absolute atomic E-state index is 12.5. The molecule has 6 nitrogen and oxygen atoms in total. The number of amides is 2. The summed E-state index contributed by atoms with van der Waals surface area (Å²) in [7, 11) is -3.70.